The summed E-state index contributed by atoms with van der Waals surface area (Å²) >= 11 is 1.87. The third-order valence-electron chi connectivity index (χ3n) is 5.38. The van der Waals surface area contributed by atoms with Crippen LogP contribution in [0.4, 0.5) is 0 Å². The minimum absolute atomic E-state index is 0. The molecule has 7 heteroatoms. The van der Waals surface area contributed by atoms with Crippen molar-refractivity contribution < 1.29 is 4.74 Å². The van der Waals surface area contributed by atoms with Crippen LogP contribution in [0, 0.1) is 11.8 Å². The molecular weight excluding hydrogens is 471 g/mol. The Morgan fingerprint density at radius 3 is 2.93 bits per heavy atom. The van der Waals surface area contributed by atoms with Gasteiger partial charge in [0.15, 0.2) is 5.96 Å². The summed E-state index contributed by atoms with van der Waals surface area (Å²) in [7, 11) is 1.80. The third kappa shape index (κ3) is 7.18. The monoisotopic (exact) mass is 506 g/mol. The van der Waals surface area contributed by atoms with E-state index in [9.17, 15) is 0 Å². The molecule has 5 nitrogen and oxygen atoms in total. The molecule has 0 bridgehead atoms. The molecule has 0 aromatic carbocycles. The van der Waals surface area contributed by atoms with E-state index in [0.717, 1.165) is 45.3 Å². The van der Waals surface area contributed by atoms with E-state index in [1.807, 2.05) is 11.3 Å². The number of nitrogens with one attached hydrogen (secondary N) is 1. The number of methoxy groups -OCH3 is 1. The summed E-state index contributed by atoms with van der Waals surface area (Å²) in [5, 5.41) is 5.67. The molecule has 3 heterocycles. The van der Waals surface area contributed by atoms with Gasteiger partial charge in [-0.2, -0.15) is 0 Å². The molecule has 2 atom stereocenters. The molecule has 0 saturated carbocycles. The van der Waals surface area contributed by atoms with Crippen LogP contribution in [0.5, 0.6) is 0 Å². The lowest BCUT2D eigenvalue weighted by molar-refractivity contribution is 0.157. The van der Waals surface area contributed by atoms with Gasteiger partial charge in [-0.3, -0.25) is 9.89 Å². The zero-order valence-corrected chi connectivity index (χ0v) is 19.9. The van der Waals surface area contributed by atoms with Crippen molar-refractivity contribution in [3.63, 3.8) is 0 Å². The Morgan fingerprint density at radius 1 is 1.30 bits per heavy atom. The van der Waals surface area contributed by atoms with Gasteiger partial charge in [-0.1, -0.05) is 6.07 Å². The van der Waals surface area contributed by atoms with Crippen LogP contribution in [-0.4, -0.2) is 68.7 Å². The third-order valence-corrected chi connectivity index (χ3v) is 6.25. The van der Waals surface area contributed by atoms with Crippen LogP contribution in [0.3, 0.4) is 0 Å². The highest BCUT2D eigenvalue weighted by atomic mass is 127. The molecule has 0 aliphatic carbocycles. The standard InChI is InChI=1S/C20H34N4OS.HI/c1-3-21-20(24-10-8-18(14-24)16-25-2)22-12-17-6-4-9-23(13-17)15-19-7-5-11-26-19;/h5,7,11,17-18H,3-4,6,8-10,12-16H2,1-2H3,(H,21,22);1H. The quantitative estimate of drug-likeness (QED) is 0.349. The van der Waals surface area contributed by atoms with Crippen LogP contribution in [0.1, 0.15) is 31.1 Å². The number of guanidine groups is 1. The molecule has 1 aromatic heterocycles. The van der Waals surface area contributed by atoms with Gasteiger partial charge in [0, 0.05) is 57.2 Å². The number of aliphatic imine (C=N–C) groups is 1. The molecule has 2 aliphatic heterocycles. The minimum atomic E-state index is 0. The van der Waals surface area contributed by atoms with Crippen molar-refractivity contribution in [2.75, 3.05) is 53.0 Å². The topological polar surface area (TPSA) is 40.1 Å². The summed E-state index contributed by atoms with van der Waals surface area (Å²) in [5.74, 6) is 2.41. The number of halogens is 1. The molecule has 2 fully saturated rings. The maximum Gasteiger partial charge on any atom is 0.193 e. The second kappa shape index (κ2) is 12.2. The molecule has 0 amide bonds. The summed E-state index contributed by atoms with van der Waals surface area (Å²) in [5.41, 5.74) is 0. The van der Waals surface area contributed by atoms with Gasteiger partial charge in [0.2, 0.25) is 0 Å². The smallest absolute Gasteiger partial charge is 0.193 e. The summed E-state index contributed by atoms with van der Waals surface area (Å²) in [6.45, 7) is 10.5. The lowest BCUT2D eigenvalue weighted by Crippen LogP contribution is -2.41. The van der Waals surface area contributed by atoms with Crippen molar-refractivity contribution in [1.82, 2.24) is 15.1 Å². The molecule has 1 aromatic rings. The van der Waals surface area contributed by atoms with E-state index >= 15 is 0 Å². The van der Waals surface area contributed by atoms with Gasteiger partial charge in [-0.05, 0) is 50.1 Å². The summed E-state index contributed by atoms with van der Waals surface area (Å²) in [4.78, 5) is 11.5. The van der Waals surface area contributed by atoms with Gasteiger partial charge in [0.25, 0.3) is 0 Å². The van der Waals surface area contributed by atoms with Crippen LogP contribution < -0.4 is 5.32 Å². The van der Waals surface area contributed by atoms with Crippen molar-refractivity contribution in [3.05, 3.63) is 22.4 Å². The first-order chi connectivity index (χ1) is 12.8. The van der Waals surface area contributed by atoms with Crippen LogP contribution >= 0.6 is 35.3 Å². The van der Waals surface area contributed by atoms with Crippen molar-refractivity contribution in [2.45, 2.75) is 32.7 Å². The van der Waals surface area contributed by atoms with E-state index in [1.54, 1.807) is 7.11 Å². The highest BCUT2D eigenvalue weighted by Gasteiger charge is 2.25. The Kier molecular flexibility index (Phi) is 10.4. The van der Waals surface area contributed by atoms with Crippen molar-refractivity contribution in [1.29, 1.82) is 0 Å². The molecule has 27 heavy (non-hydrogen) atoms. The highest BCUT2D eigenvalue weighted by molar-refractivity contribution is 14.0. The summed E-state index contributed by atoms with van der Waals surface area (Å²) < 4.78 is 5.33. The summed E-state index contributed by atoms with van der Waals surface area (Å²) in [6.07, 6.45) is 3.80. The average Bonchev–Trinajstić information content (AvgIpc) is 3.31. The number of likely N-dealkylation sites (tertiary alicyclic amines) is 2. The number of thiophene rings is 1. The predicted octanol–water partition coefficient (Wildman–Crippen LogP) is 3.51. The minimum Gasteiger partial charge on any atom is -0.384 e. The Labute approximate surface area is 185 Å². The molecule has 3 rings (SSSR count). The number of piperidine rings is 1. The van der Waals surface area contributed by atoms with E-state index in [0.29, 0.717) is 11.8 Å². The fourth-order valence-electron chi connectivity index (χ4n) is 4.11. The lowest BCUT2D eigenvalue weighted by Gasteiger charge is -2.32. The fourth-order valence-corrected chi connectivity index (χ4v) is 4.85. The molecule has 2 unspecified atom stereocenters. The van der Waals surface area contributed by atoms with Gasteiger partial charge in [0.1, 0.15) is 0 Å². The molecule has 2 aliphatic rings. The van der Waals surface area contributed by atoms with Gasteiger partial charge >= 0.3 is 0 Å². The highest BCUT2D eigenvalue weighted by Crippen LogP contribution is 2.21. The second-order valence-electron chi connectivity index (χ2n) is 7.57. The van der Waals surface area contributed by atoms with Crippen molar-refractivity contribution >= 4 is 41.3 Å². The predicted molar refractivity (Wildman–Crippen MR) is 125 cm³/mol. The molecule has 154 valence electrons. The first-order valence-corrected chi connectivity index (χ1v) is 10.9. The second-order valence-corrected chi connectivity index (χ2v) is 8.61. The van der Waals surface area contributed by atoms with Crippen LogP contribution in [0.25, 0.3) is 0 Å². The van der Waals surface area contributed by atoms with Crippen LogP contribution in [-0.2, 0) is 11.3 Å². The Hall–Kier alpha value is -0.380. The zero-order valence-electron chi connectivity index (χ0n) is 16.7. The average molecular weight is 506 g/mol. The maximum atomic E-state index is 5.33. The van der Waals surface area contributed by atoms with Gasteiger partial charge in [0.05, 0.1) is 6.61 Å². The number of nitrogens with zero attached hydrogens (tertiary/aromatic N) is 3. The zero-order chi connectivity index (χ0) is 18.2. The molecule has 0 spiro atoms. The van der Waals surface area contributed by atoms with Gasteiger partial charge in [-0.25, -0.2) is 0 Å². The lowest BCUT2D eigenvalue weighted by atomic mass is 9.98. The van der Waals surface area contributed by atoms with Crippen LogP contribution in [0.2, 0.25) is 0 Å². The van der Waals surface area contributed by atoms with Gasteiger partial charge < -0.3 is 15.0 Å². The summed E-state index contributed by atoms with van der Waals surface area (Å²) in [6, 6.07) is 4.40. The Bertz CT molecular complexity index is 554. The maximum absolute atomic E-state index is 5.33. The fraction of sp³-hybridized carbons (Fsp3) is 0.750. The first kappa shape index (κ1) is 22.9. The Morgan fingerprint density at radius 2 is 2.19 bits per heavy atom. The normalized spacial score (nSPS) is 24.1. The van der Waals surface area contributed by atoms with Crippen LogP contribution in [0.15, 0.2) is 22.5 Å². The van der Waals surface area contributed by atoms with E-state index in [1.165, 1.54) is 37.2 Å². The van der Waals surface area contributed by atoms with E-state index in [4.69, 9.17) is 9.73 Å². The number of rotatable bonds is 7. The van der Waals surface area contributed by atoms with Crippen molar-refractivity contribution in [3.8, 4) is 0 Å². The first-order valence-electron chi connectivity index (χ1n) is 10.1. The number of ether oxygens (including phenoxy) is 1. The SMILES string of the molecule is CCNC(=NCC1CCCN(Cc2cccs2)C1)N1CCC(COC)C1.I. The van der Waals surface area contributed by atoms with E-state index < -0.39 is 0 Å². The largest absolute Gasteiger partial charge is 0.384 e. The number of hydrogen-bond donors (Lipinski definition) is 1. The molecular formula is C20H35IN4OS. The van der Waals surface area contributed by atoms with Crippen molar-refractivity contribution in [2.24, 2.45) is 16.8 Å². The van der Waals surface area contributed by atoms with Gasteiger partial charge in [-0.15, -0.1) is 35.3 Å². The Balaban J connectivity index is 0.00000261. The van der Waals surface area contributed by atoms with E-state index in [2.05, 4.69) is 39.6 Å². The molecule has 1 N–H and O–H groups in total. The molecule has 2 saturated heterocycles. The molecule has 0 radical (unpaired) electrons. The van der Waals surface area contributed by atoms with E-state index in [-0.39, 0.29) is 24.0 Å². The number of hydrogen-bond acceptors (Lipinski definition) is 4.